The highest BCUT2D eigenvalue weighted by molar-refractivity contribution is 5.69. The van der Waals surface area contributed by atoms with Crippen molar-refractivity contribution in [3.63, 3.8) is 0 Å². The van der Waals surface area contributed by atoms with Crippen molar-refractivity contribution in [2.75, 3.05) is 0 Å². The predicted molar refractivity (Wildman–Crippen MR) is 47.6 cm³/mol. The summed E-state index contributed by atoms with van der Waals surface area (Å²) in [5.74, 6) is -10.3. The zero-order valence-electron chi connectivity index (χ0n) is 9.88. The number of alkyl halides is 6. The number of carboxylic acids is 2. The molecule has 20 heavy (non-hydrogen) atoms. The average molecular weight is 308 g/mol. The number of carbonyl (C=O) groups is 2. The van der Waals surface area contributed by atoms with Gasteiger partial charge >= 0.3 is 12.4 Å². The van der Waals surface area contributed by atoms with Crippen molar-refractivity contribution in [1.29, 1.82) is 0 Å². The van der Waals surface area contributed by atoms with Crippen molar-refractivity contribution in [1.82, 2.24) is 0 Å². The fourth-order valence-corrected chi connectivity index (χ4v) is 1.53. The third-order valence-corrected chi connectivity index (χ3v) is 2.59. The second-order valence-electron chi connectivity index (χ2n) is 4.11. The number of rotatable bonds is 7. The van der Waals surface area contributed by atoms with E-state index in [1.165, 1.54) is 0 Å². The fourth-order valence-electron chi connectivity index (χ4n) is 1.53. The number of aliphatic carboxylic acids is 2. The molecule has 0 aliphatic heterocycles. The summed E-state index contributed by atoms with van der Waals surface area (Å²) < 4.78 is 73.0. The molecule has 0 aliphatic rings. The molecular formula is C10H10F6O4-2. The Morgan fingerprint density at radius 3 is 1.15 bits per heavy atom. The molecule has 10 heteroatoms. The molecule has 0 fully saturated rings. The highest BCUT2D eigenvalue weighted by Gasteiger charge is 2.41. The van der Waals surface area contributed by atoms with Gasteiger partial charge in [0, 0.05) is 0 Å². The van der Waals surface area contributed by atoms with Crippen LogP contribution in [-0.4, -0.2) is 24.3 Å². The number of unbranched alkanes of at least 4 members (excludes halogenated alkanes) is 1. The number of carbonyl (C=O) groups excluding carboxylic acids is 2. The van der Waals surface area contributed by atoms with Crippen LogP contribution in [0.2, 0.25) is 0 Å². The van der Waals surface area contributed by atoms with Crippen LogP contribution in [0.1, 0.15) is 25.7 Å². The highest BCUT2D eigenvalue weighted by Crippen LogP contribution is 2.32. The minimum atomic E-state index is -5.06. The molecule has 118 valence electrons. The fraction of sp³-hybridized carbons (Fsp3) is 0.800. The van der Waals surface area contributed by atoms with Crippen LogP contribution in [0.25, 0.3) is 0 Å². The summed E-state index contributed by atoms with van der Waals surface area (Å²) in [6, 6.07) is 0. The smallest absolute Gasteiger partial charge is 0.396 e. The quantitative estimate of drug-likeness (QED) is 0.504. The van der Waals surface area contributed by atoms with Crippen LogP contribution >= 0.6 is 0 Å². The summed E-state index contributed by atoms with van der Waals surface area (Å²) in [4.78, 5) is 20.5. The maximum absolute atomic E-state index is 12.2. The molecule has 0 N–H and O–H groups in total. The van der Waals surface area contributed by atoms with E-state index in [-0.39, 0.29) is 0 Å². The van der Waals surface area contributed by atoms with Crippen molar-refractivity contribution in [2.24, 2.45) is 11.8 Å². The molecule has 0 aliphatic carbocycles. The molecule has 0 aromatic rings. The van der Waals surface area contributed by atoms with Crippen LogP contribution in [0.15, 0.2) is 0 Å². The summed E-state index contributed by atoms with van der Waals surface area (Å²) in [7, 11) is 0. The van der Waals surface area contributed by atoms with E-state index in [4.69, 9.17) is 0 Å². The largest absolute Gasteiger partial charge is 0.550 e. The second-order valence-corrected chi connectivity index (χ2v) is 4.11. The van der Waals surface area contributed by atoms with E-state index in [0.29, 0.717) is 0 Å². The molecule has 2 unspecified atom stereocenters. The molecule has 0 heterocycles. The summed E-state index contributed by atoms with van der Waals surface area (Å²) in [6.07, 6.45) is -13.1. The molecule has 0 spiro atoms. The minimum absolute atomic E-state index is 0.530. The first-order valence-electron chi connectivity index (χ1n) is 5.42. The third kappa shape index (κ3) is 6.11. The SMILES string of the molecule is O=C([O-])C(CCCCC(C(=O)[O-])C(F)(F)F)C(F)(F)F. The molecule has 0 amide bonds. The van der Waals surface area contributed by atoms with Gasteiger partial charge in [-0.3, -0.25) is 0 Å². The summed E-state index contributed by atoms with van der Waals surface area (Å²) >= 11 is 0. The maximum Gasteiger partial charge on any atom is 0.396 e. The molecular weight excluding hydrogens is 298 g/mol. The lowest BCUT2D eigenvalue weighted by Gasteiger charge is -2.23. The lowest BCUT2D eigenvalue weighted by molar-refractivity contribution is -0.329. The number of hydrogen-bond donors (Lipinski definition) is 0. The summed E-state index contributed by atoms with van der Waals surface area (Å²) in [5, 5.41) is 20.5. The molecule has 0 rings (SSSR count). The van der Waals surface area contributed by atoms with Gasteiger partial charge in [-0.2, -0.15) is 26.3 Å². The Balaban J connectivity index is 4.37. The Morgan fingerprint density at radius 2 is 1.00 bits per heavy atom. The van der Waals surface area contributed by atoms with Crippen LogP contribution in [0, 0.1) is 11.8 Å². The molecule has 0 saturated carbocycles. The van der Waals surface area contributed by atoms with E-state index in [1.807, 2.05) is 0 Å². The van der Waals surface area contributed by atoms with Gasteiger partial charge in [-0.1, -0.05) is 12.8 Å². The van der Waals surface area contributed by atoms with Crippen LogP contribution < -0.4 is 10.2 Å². The van der Waals surface area contributed by atoms with E-state index in [9.17, 15) is 46.1 Å². The average Bonchev–Trinajstić information content (AvgIpc) is 2.17. The first-order valence-corrected chi connectivity index (χ1v) is 5.42. The van der Waals surface area contributed by atoms with Crippen molar-refractivity contribution in [2.45, 2.75) is 38.0 Å². The third-order valence-electron chi connectivity index (χ3n) is 2.59. The van der Waals surface area contributed by atoms with Gasteiger partial charge in [-0.05, 0) is 12.8 Å². The van der Waals surface area contributed by atoms with Gasteiger partial charge < -0.3 is 19.8 Å². The van der Waals surface area contributed by atoms with E-state index >= 15 is 0 Å². The summed E-state index contributed by atoms with van der Waals surface area (Å²) in [5.41, 5.74) is 0. The Kier molecular flexibility index (Phi) is 6.30. The molecule has 0 aromatic carbocycles. The lowest BCUT2D eigenvalue weighted by Crippen LogP contribution is -2.41. The standard InChI is InChI=1S/C10H12F6O4/c11-9(12,13)5(7(17)18)3-1-2-4-6(8(19)20)10(14,15)16/h5-6H,1-4H2,(H,17,18)(H,19,20)/p-2. The van der Waals surface area contributed by atoms with E-state index in [0.717, 1.165) is 0 Å². The van der Waals surface area contributed by atoms with Crippen LogP contribution in [0.3, 0.4) is 0 Å². The van der Waals surface area contributed by atoms with Gasteiger partial charge in [0.15, 0.2) is 0 Å². The monoisotopic (exact) mass is 308 g/mol. The molecule has 0 saturated heterocycles. The van der Waals surface area contributed by atoms with Crippen molar-refractivity contribution >= 4 is 11.9 Å². The van der Waals surface area contributed by atoms with Gasteiger partial charge in [0.25, 0.3) is 0 Å². The molecule has 4 nitrogen and oxygen atoms in total. The topological polar surface area (TPSA) is 80.3 Å². The Labute approximate surface area is 109 Å². The van der Waals surface area contributed by atoms with Crippen LogP contribution in [0.5, 0.6) is 0 Å². The number of hydrogen-bond acceptors (Lipinski definition) is 4. The van der Waals surface area contributed by atoms with Gasteiger partial charge in [-0.25, -0.2) is 0 Å². The first kappa shape index (κ1) is 18.5. The predicted octanol–water partition coefficient (Wildman–Crippen LogP) is 0.404. The number of carboxylic acid groups (broad SMARTS) is 2. The Bertz CT molecular complexity index is 315. The van der Waals surface area contributed by atoms with Gasteiger partial charge in [0.2, 0.25) is 0 Å². The van der Waals surface area contributed by atoms with Crippen LogP contribution in [-0.2, 0) is 9.59 Å². The molecule has 2 atom stereocenters. The zero-order chi connectivity index (χ0) is 16.1. The maximum atomic E-state index is 12.2. The Hall–Kier alpha value is -1.48. The van der Waals surface area contributed by atoms with Crippen LogP contribution in [0.4, 0.5) is 26.3 Å². The summed E-state index contributed by atoms with van der Waals surface area (Å²) in [6.45, 7) is 0. The molecule has 0 bridgehead atoms. The van der Waals surface area contributed by atoms with Crippen molar-refractivity contribution < 1.29 is 46.1 Å². The van der Waals surface area contributed by atoms with E-state index in [1.54, 1.807) is 0 Å². The van der Waals surface area contributed by atoms with Crippen molar-refractivity contribution in [3.05, 3.63) is 0 Å². The van der Waals surface area contributed by atoms with Gasteiger partial charge in [0.05, 0.1) is 23.8 Å². The van der Waals surface area contributed by atoms with E-state index in [2.05, 4.69) is 0 Å². The van der Waals surface area contributed by atoms with Gasteiger partial charge in [-0.15, -0.1) is 0 Å². The van der Waals surface area contributed by atoms with E-state index < -0.39 is 61.8 Å². The molecule has 0 radical (unpaired) electrons. The number of halogens is 6. The first-order chi connectivity index (χ1) is 8.87. The minimum Gasteiger partial charge on any atom is -0.550 e. The van der Waals surface area contributed by atoms with Crippen molar-refractivity contribution in [3.8, 4) is 0 Å². The second kappa shape index (κ2) is 6.80. The Morgan fingerprint density at radius 1 is 0.750 bits per heavy atom. The van der Waals surface area contributed by atoms with Gasteiger partial charge in [0.1, 0.15) is 0 Å². The highest BCUT2D eigenvalue weighted by atomic mass is 19.4. The zero-order valence-corrected chi connectivity index (χ0v) is 9.88. The lowest BCUT2D eigenvalue weighted by atomic mass is 9.96. The normalized spacial score (nSPS) is 15.7. The molecule has 0 aromatic heterocycles.